The van der Waals surface area contributed by atoms with E-state index in [4.69, 9.17) is 9.47 Å². The molecule has 262 valence electrons. The number of rotatable bonds is 14. The first-order chi connectivity index (χ1) is 24.2. The third-order valence-electron chi connectivity index (χ3n) is 9.78. The molecule has 11 heteroatoms. The van der Waals surface area contributed by atoms with Crippen molar-refractivity contribution in [2.75, 3.05) is 46.4 Å². The Morgan fingerprint density at radius 1 is 0.960 bits per heavy atom. The summed E-state index contributed by atoms with van der Waals surface area (Å²) in [4.78, 5) is 53.9. The predicted octanol–water partition coefficient (Wildman–Crippen LogP) is 5.48. The molecule has 2 heterocycles. The first-order valence-electron chi connectivity index (χ1n) is 17.0. The highest BCUT2D eigenvalue weighted by Gasteiger charge is 2.40. The summed E-state index contributed by atoms with van der Waals surface area (Å²) in [6.07, 6.45) is 3.45. The number of dihydropyridines is 1. The Balaban J connectivity index is 1.32. The highest BCUT2D eigenvalue weighted by Crippen LogP contribution is 2.42. The first-order valence-corrected chi connectivity index (χ1v) is 17.0. The number of nitro groups is 1. The molecule has 1 fully saturated rings. The van der Waals surface area contributed by atoms with Crippen LogP contribution < -0.4 is 5.32 Å². The third kappa shape index (κ3) is 7.78. The van der Waals surface area contributed by atoms with Gasteiger partial charge in [-0.05, 0) is 69.4 Å². The molecule has 0 bridgehead atoms. The number of carbonyl (C=O) groups excluding carboxylic acids is 3. The van der Waals surface area contributed by atoms with Gasteiger partial charge < -0.3 is 24.6 Å². The summed E-state index contributed by atoms with van der Waals surface area (Å²) in [6.45, 7) is 6.61. The van der Waals surface area contributed by atoms with Gasteiger partial charge in [-0.1, -0.05) is 72.8 Å². The number of piperidine rings is 1. The van der Waals surface area contributed by atoms with E-state index < -0.39 is 22.8 Å². The molecule has 0 aromatic heterocycles. The monoisotopic (exact) mass is 680 g/mol. The number of carbonyl (C=O) groups is 3. The van der Waals surface area contributed by atoms with Crippen molar-refractivity contribution in [2.45, 2.75) is 44.4 Å². The zero-order valence-corrected chi connectivity index (χ0v) is 28.8. The van der Waals surface area contributed by atoms with Crippen LogP contribution in [0.5, 0.6) is 0 Å². The fourth-order valence-electron chi connectivity index (χ4n) is 7.26. The van der Waals surface area contributed by atoms with Crippen molar-refractivity contribution in [1.29, 1.82) is 0 Å². The lowest BCUT2D eigenvalue weighted by atomic mass is 9.68. The third-order valence-corrected chi connectivity index (χ3v) is 9.78. The zero-order valence-electron chi connectivity index (χ0n) is 28.8. The van der Waals surface area contributed by atoms with Gasteiger partial charge in [0.05, 0.1) is 42.2 Å². The Kier molecular flexibility index (Phi) is 11.8. The van der Waals surface area contributed by atoms with Gasteiger partial charge in [0.15, 0.2) is 0 Å². The molecular formula is C39H44N4O7. The van der Waals surface area contributed by atoms with E-state index in [0.717, 1.165) is 45.3 Å². The Morgan fingerprint density at radius 2 is 1.56 bits per heavy atom. The van der Waals surface area contributed by atoms with E-state index in [2.05, 4.69) is 70.9 Å². The van der Waals surface area contributed by atoms with E-state index in [1.165, 1.54) is 42.5 Å². The summed E-state index contributed by atoms with van der Waals surface area (Å²) in [5.41, 5.74) is 4.14. The molecule has 0 spiro atoms. The maximum absolute atomic E-state index is 13.6. The fourth-order valence-corrected chi connectivity index (χ4v) is 7.26. The van der Waals surface area contributed by atoms with E-state index in [0.29, 0.717) is 23.5 Å². The molecule has 1 amide bonds. The zero-order chi connectivity index (χ0) is 35.7. The van der Waals surface area contributed by atoms with Crippen LogP contribution >= 0.6 is 0 Å². The van der Waals surface area contributed by atoms with Crippen molar-refractivity contribution in [3.05, 3.63) is 134 Å². The topological polar surface area (TPSA) is 131 Å². The number of nitro benzene ring substituents is 1. The van der Waals surface area contributed by atoms with Gasteiger partial charge in [-0.15, -0.1) is 0 Å². The van der Waals surface area contributed by atoms with E-state index in [1.807, 2.05) is 0 Å². The van der Waals surface area contributed by atoms with Crippen LogP contribution in [0.1, 0.15) is 55.7 Å². The highest BCUT2D eigenvalue weighted by molar-refractivity contribution is 6.00. The number of esters is 2. The normalized spacial score (nSPS) is 17.5. The van der Waals surface area contributed by atoms with Crippen molar-refractivity contribution in [3.63, 3.8) is 0 Å². The first kappa shape index (κ1) is 36.0. The molecule has 1 unspecified atom stereocenters. The second kappa shape index (κ2) is 16.4. The Morgan fingerprint density at radius 3 is 2.08 bits per heavy atom. The van der Waals surface area contributed by atoms with Crippen LogP contribution in [0.15, 0.2) is 107 Å². The minimum atomic E-state index is -0.935. The predicted molar refractivity (Wildman–Crippen MR) is 189 cm³/mol. The number of non-ortho nitro benzene ring substituents is 1. The molecule has 1 N–H and O–H groups in total. The van der Waals surface area contributed by atoms with Crippen LogP contribution in [0.2, 0.25) is 0 Å². The highest BCUT2D eigenvalue weighted by atomic mass is 16.6. The number of nitrogens with zero attached hydrogens (tertiary/aromatic N) is 3. The van der Waals surface area contributed by atoms with Gasteiger partial charge in [-0.3, -0.25) is 14.9 Å². The molecule has 1 atom stereocenters. The summed E-state index contributed by atoms with van der Waals surface area (Å²) in [5, 5.41) is 14.5. The van der Waals surface area contributed by atoms with Crippen LogP contribution in [0.3, 0.4) is 0 Å². The van der Waals surface area contributed by atoms with Gasteiger partial charge in [0.25, 0.3) is 5.69 Å². The number of methoxy groups -OCH3 is 1. The smallest absolute Gasteiger partial charge is 0.336 e. The van der Waals surface area contributed by atoms with Gasteiger partial charge in [-0.25, -0.2) is 9.59 Å². The lowest BCUT2D eigenvalue weighted by Crippen LogP contribution is -2.44. The second-order valence-electron chi connectivity index (χ2n) is 12.6. The van der Waals surface area contributed by atoms with Gasteiger partial charge in [0.1, 0.15) is 0 Å². The van der Waals surface area contributed by atoms with Gasteiger partial charge >= 0.3 is 11.9 Å². The molecule has 3 aromatic rings. The molecule has 50 heavy (non-hydrogen) atoms. The molecule has 0 aliphatic carbocycles. The summed E-state index contributed by atoms with van der Waals surface area (Å²) in [5.74, 6) is -2.25. The van der Waals surface area contributed by atoms with E-state index in [-0.39, 0.29) is 35.4 Å². The molecule has 0 saturated carbocycles. The average Bonchev–Trinajstić information content (AvgIpc) is 3.15. The number of amides is 1. The Labute approximate surface area is 292 Å². The van der Waals surface area contributed by atoms with Crippen molar-refractivity contribution in [3.8, 4) is 0 Å². The maximum Gasteiger partial charge on any atom is 0.336 e. The lowest BCUT2D eigenvalue weighted by molar-refractivity contribution is -0.384. The molecular weight excluding hydrogens is 636 g/mol. The van der Waals surface area contributed by atoms with Crippen LogP contribution in [0.4, 0.5) is 5.69 Å². The quantitative estimate of drug-likeness (QED) is 0.102. The van der Waals surface area contributed by atoms with Gasteiger partial charge in [0.2, 0.25) is 6.41 Å². The Hall–Kier alpha value is -5.29. The number of benzene rings is 3. The molecule has 5 rings (SSSR count). The van der Waals surface area contributed by atoms with Gasteiger partial charge in [-0.2, -0.15) is 0 Å². The summed E-state index contributed by atoms with van der Waals surface area (Å²) in [7, 11) is 1.25. The van der Waals surface area contributed by atoms with Crippen molar-refractivity contribution >= 4 is 24.0 Å². The molecule has 2 aliphatic heterocycles. The van der Waals surface area contributed by atoms with Crippen molar-refractivity contribution in [1.82, 2.24) is 15.1 Å². The average molecular weight is 681 g/mol. The van der Waals surface area contributed by atoms with E-state index in [9.17, 15) is 24.5 Å². The SMILES string of the molecule is CCOC(=O)C1=C(CN(C=O)CCCN2CCC(c3ccccc3)(c3ccccc3)CC2)NC(C)=C(C(=O)OC)C1c1ccc([N+](=O)[O-])cc1. The van der Waals surface area contributed by atoms with Crippen molar-refractivity contribution < 1.29 is 28.8 Å². The Bertz CT molecular complexity index is 1690. The molecule has 11 nitrogen and oxygen atoms in total. The maximum atomic E-state index is 13.6. The summed E-state index contributed by atoms with van der Waals surface area (Å²) >= 11 is 0. The standard InChI is InChI=1S/C39H44N4O7/c1-4-50-38(46)36-33(40-28(2)34(37(45)49-3)35(36)29-16-18-32(19-17-29)43(47)48)26-42(27-44)23-11-22-41-24-20-39(21-25-41,30-12-7-5-8-13-30)31-14-9-6-10-15-31/h5-10,12-19,27,35,40H,4,11,20-26H2,1-3H3. The van der Waals surface area contributed by atoms with Crippen molar-refractivity contribution in [2.24, 2.45) is 0 Å². The summed E-state index contributed by atoms with van der Waals surface area (Å²) in [6, 6.07) is 27.1. The minimum absolute atomic E-state index is 0.0505. The summed E-state index contributed by atoms with van der Waals surface area (Å²) < 4.78 is 10.5. The van der Waals surface area contributed by atoms with Crippen LogP contribution in [-0.2, 0) is 29.3 Å². The van der Waals surface area contributed by atoms with Crippen LogP contribution in [0.25, 0.3) is 0 Å². The van der Waals surface area contributed by atoms with Gasteiger partial charge in [0, 0.05) is 35.5 Å². The fraction of sp³-hybridized carbons (Fsp3) is 0.359. The minimum Gasteiger partial charge on any atom is -0.466 e. The number of likely N-dealkylation sites (tertiary alicyclic amines) is 1. The number of hydrogen-bond donors (Lipinski definition) is 1. The van der Waals surface area contributed by atoms with Crippen LogP contribution in [0, 0.1) is 10.1 Å². The molecule has 0 radical (unpaired) electrons. The number of hydrogen-bond acceptors (Lipinski definition) is 9. The largest absolute Gasteiger partial charge is 0.466 e. The number of ether oxygens (including phenoxy) is 2. The molecule has 2 aliphatic rings. The number of nitrogens with one attached hydrogen (secondary N) is 1. The second-order valence-corrected chi connectivity index (χ2v) is 12.6. The van der Waals surface area contributed by atoms with E-state index in [1.54, 1.807) is 18.7 Å². The number of allylic oxidation sites excluding steroid dienone is 1. The lowest BCUT2D eigenvalue weighted by Gasteiger charge is -2.43. The molecule has 1 saturated heterocycles. The molecule has 3 aromatic carbocycles. The van der Waals surface area contributed by atoms with Crippen LogP contribution in [-0.4, -0.2) is 79.5 Å². The van der Waals surface area contributed by atoms with E-state index >= 15 is 0 Å².